The molecule has 1 fully saturated rings. The average molecular weight is 330 g/mol. The largest absolute Gasteiger partial charge is 0.376 e. The van der Waals surface area contributed by atoms with Gasteiger partial charge in [-0.3, -0.25) is 15.0 Å². The minimum Gasteiger partial charge on any atom is -0.376 e. The second-order valence-corrected chi connectivity index (χ2v) is 6.09. The van der Waals surface area contributed by atoms with E-state index in [1.165, 1.54) is 5.01 Å². The molecule has 7 heteroatoms. The van der Waals surface area contributed by atoms with Crippen LogP contribution in [0, 0.1) is 0 Å². The van der Waals surface area contributed by atoms with Gasteiger partial charge in [-0.2, -0.15) is 0 Å². The molecule has 1 aromatic rings. The Morgan fingerprint density at radius 2 is 2.17 bits per heavy atom. The number of hydrogen-bond acceptors (Lipinski definition) is 5. The first-order valence-electron chi connectivity index (χ1n) is 8.22. The predicted molar refractivity (Wildman–Crippen MR) is 90.5 cm³/mol. The van der Waals surface area contributed by atoms with Crippen molar-refractivity contribution >= 4 is 23.3 Å². The SMILES string of the molecule is C[C@@H]1N=C(C(=O)N[C@@H](C)[C@H]2CCCO2)NN(c2ccccc2)C1=O. The average Bonchev–Trinajstić information content (AvgIpc) is 3.12. The van der Waals surface area contributed by atoms with E-state index in [9.17, 15) is 9.59 Å². The summed E-state index contributed by atoms with van der Waals surface area (Å²) in [5.74, 6) is -0.404. The molecule has 3 atom stereocenters. The molecular formula is C17H22N4O3. The summed E-state index contributed by atoms with van der Waals surface area (Å²) in [7, 11) is 0. The van der Waals surface area contributed by atoms with Crippen molar-refractivity contribution in [2.24, 2.45) is 4.99 Å². The number of ether oxygens (including phenoxy) is 1. The Balaban J connectivity index is 1.71. The van der Waals surface area contributed by atoms with Crippen LogP contribution in [0.2, 0.25) is 0 Å². The lowest BCUT2D eigenvalue weighted by Crippen LogP contribution is -2.59. The number of aliphatic imine (C=N–C) groups is 1. The molecule has 0 unspecified atom stereocenters. The monoisotopic (exact) mass is 330 g/mol. The molecule has 2 aliphatic heterocycles. The van der Waals surface area contributed by atoms with Crippen LogP contribution in [0.1, 0.15) is 26.7 Å². The number of carbonyl (C=O) groups is 2. The molecule has 1 aromatic carbocycles. The van der Waals surface area contributed by atoms with Gasteiger partial charge in [0, 0.05) is 6.61 Å². The summed E-state index contributed by atoms with van der Waals surface area (Å²) in [6, 6.07) is 8.40. The number of amides is 2. The minimum atomic E-state index is -0.620. The summed E-state index contributed by atoms with van der Waals surface area (Å²) in [5.41, 5.74) is 3.49. The molecular weight excluding hydrogens is 308 g/mol. The molecule has 0 aromatic heterocycles. The van der Waals surface area contributed by atoms with E-state index in [0.717, 1.165) is 19.4 Å². The highest BCUT2D eigenvalue weighted by Crippen LogP contribution is 2.17. The number of carbonyl (C=O) groups excluding carboxylic acids is 2. The fourth-order valence-corrected chi connectivity index (χ4v) is 2.87. The Hall–Kier alpha value is -2.41. The van der Waals surface area contributed by atoms with Crippen LogP contribution in [-0.4, -0.2) is 42.4 Å². The molecule has 2 heterocycles. The number of nitrogens with zero attached hydrogens (tertiary/aromatic N) is 2. The van der Waals surface area contributed by atoms with Crippen LogP contribution < -0.4 is 15.8 Å². The van der Waals surface area contributed by atoms with Gasteiger partial charge in [0.25, 0.3) is 11.8 Å². The molecule has 7 nitrogen and oxygen atoms in total. The fourth-order valence-electron chi connectivity index (χ4n) is 2.87. The fraction of sp³-hybridized carbons (Fsp3) is 0.471. The van der Waals surface area contributed by atoms with E-state index in [1.54, 1.807) is 19.1 Å². The number of amidine groups is 1. The zero-order valence-electron chi connectivity index (χ0n) is 13.9. The van der Waals surface area contributed by atoms with Crippen LogP contribution in [-0.2, 0) is 14.3 Å². The topological polar surface area (TPSA) is 83.0 Å². The van der Waals surface area contributed by atoms with Crippen molar-refractivity contribution in [2.45, 2.75) is 44.9 Å². The third-order valence-corrected chi connectivity index (χ3v) is 4.23. The number of hydrazine groups is 1. The predicted octanol–water partition coefficient (Wildman–Crippen LogP) is 1.01. The van der Waals surface area contributed by atoms with Gasteiger partial charge in [0.1, 0.15) is 6.04 Å². The van der Waals surface area contributed by atoms with E-state index < -0.39 is 6.04 Å². The highest BCUT2D eigenvalue weighted by Gasteiger charge is 2.32. The quantitative estimate of drug-likeness (QED) is 0.863. The van der Waals surface area contributed by atoms with Gasteiger partial charge in [-0.15, -0.1) is 0 Å². The lowest BCUT2D eigenvalue weighted by atomic mass is 10.1. The first-order valence-corrected chi connectivity index (χ1v) is 8.22. The van der Waals surface area contributed by atoms with Crippen molar-refractivity contribution in [3.05, 3.63) is 30.3 Å². The van der Waals surface area contributed by atoms with Crippen LogP contribution in [0.15, 0.2) is 35.3 Å². The smallest absolute Gasteiger partial charge is 0.288 e. The maximum absolute atomic E-state index is 12.5. The van der Waals surface area contributed by atoms with Crippen molar-refractivity contribution in [3.63, 3.8) is 0 Å². The molecule has 1 saturated heterocycles. The maximum Gasteiger partial charge on any atom is 0.288 e. The molecule has 128 valence electrons. The third-order valence-electron chi connectivity index (χ3n) is 4.23. The zero-order chi connectivity index (χ0) is 17.1. The van der Waals surface area contributed by atoms with Gasteiger partial charge in [0.05, 0.1) is 17.8 Å². The second kappa shape index (κ2) is 7.00. The molecule has 2 aliphatic rings. The highest BCUT2D eigenvalue weighted by molar-refractivity contribution is 6.39. The summed E-state index contributed by atoms with van der Waals surface area (Å²) < 4.78 is 5.59. The summed E-state index contributed by atoms with van der Waals surface area (Å²) in [6.45, 7) is 4.33. The lowest BCUT2D eigenvalue weighted by Gasteiger charge is -2.31. The van der Waals surface area contributed by atoms with E-state index >= 15 is 0 Å². The Morgan fingerprint density at radius 3 is 2.83 bits per heavy atom. The third kappa shape index (κ3) is 3.41. The van der Waals surface area contributed by atoms with Crippen LogP contribution >= 0.6 is 0 Å². The number of nitrogens with one attached hydrogen (secondary N) is 2. The molecule has 2 amide bonds. The van der Waals surface area contributed by atoms with Gasteiger partial charge in [-0.1, -0.05) is 18.2 Å². The Labute approximate surface area is 141 Å². The number of anilines is 1. The van der Waals surface area contributed by atoms with Crippen molar-refractivity contribution in [1.82, 2.24) is 10.7 Å². The van der Waals surface area contributed by atoms with E-state index in [0.29, 0.717) is 5.69 Å². The molecule has 0 aliphatic carbocycles. The molecule has 0 spiro atoms. The first-order chi connectivity index (χ1) is 11.6. The maximum atomic E-state index is 12.5. The molecule has 0 bridgehead atoms. The lowest BCUT2D eigenvalue weighted by molar-refractivity contribution is -0.120. The Morgan fingerprint density at radius 1 is 1.42 bits per heavy atom. The zero-order valence-corrected chi connectivity index (χ0v) is 13.9. The molecule has 0 saturated carbocycles. The summed E-state index contributed by atoms with van der Waals surface area (Å²) in [5, 5.41) is 4.27. The van der Waals surface area contributed by atoms with Crippen molar-refractivity contribution in [2.75, 3.05) is 11.6 Å². The number of hydrogen-bond donors (Lipinski definition) is 2. The standard InChI is InChI=1S/C17H22N4O3/c1-11(14-9-6-10-24-14)19-16(22)15-18-12(2)17(23)21(20-15)13-7-4-3-5-8-13/h3-5,7-8,11-12,14H,6,9-10H2,1-2H3,(H,18,20)(H,19,22)/t11-,12-,14+/m0/s1. The van der Waals surface area contributed by atoms with Crippen molar-refractivity contribution < 1.29 is 14.3 Å². The highest BCUT2D eigenvalue weighted by atomic mass is 16.5. The van der Waals surface area contributed by atoms with Gasteiger partial charge in [-0.05, 0) is 38.8 Å². The summed E-state index contributed by atoms with van der Waals surface area (Å²) in [6.07, 6.45) is 1.98. The summed E-state index contributed by atoms with van der Waals surface area (Å²) >= 11 is 0. The van der Waals surface area contributed by atoms with Crippen LogP contribution in [0.25, 0.3) is 0 Å². The Kier molecular flexibility index (Phi) is 4.80. The van der Waals surface area contributed by atoms with E-state index in [2.05, 4.69) is 15.7 Å². The normalized spacial score (nSPS) is 25.0. The van der Waals surface area contributed by atoms with Crippen LogP contribution in [0.3, 0.4) is 0 Å². The van der Waals surface area contributed by atoms with E-state index in [-0.39, 0.29) is 29.8 Å². The van der Waals surface area contributed by atoms with Gasteiger partial charge in [0.2, 0.25) is 5.84 Å². The minimum absolute atomic E-state index is 0.0300. The molecule has 2 N–H and O–H groups in total. The van der Waals surface area contributed by atoms with Crippen molar-refractivity contribution in [1.29, 1.82) is 0 Å². The molecule has 3 rings (SSSR count). The van der Waals surface area contributed by atoms with Gasteiger partial charge in [-0.25, -0.2) is 10.0 Å². The van der Waals surface area contributed by atoms with Gasteiger partial charge < -0.3 is 10.1 Å². The van der Waals surface area contributed by atoms with Gasteiger partial charge in [0.15, 0.2) is 0 Å². The van der Waals surface area contributed by atoms with E-state index in [4.69, 9.17) is 4.74 Å². The summed E-state index contributed by atoms with van der Waals surface area (Å²) in [4.78, 5) is 29.0. The second-order valence-electron chi connectivity index (χ2n) is 6.09. The molecule has 24 heavy (non-hydrogen) atoms. The van der Waals surface area contributed by atoms with E-state index in [1.807, 2.05) is 25.1 Å². The van der Waals surface area contributed by atoms with Crippen LogP contribution in [0.5, 0.6) is 0 Å². The van der Waals surface area contributed by atoms with Gasteiger partial charge >= 0.3 is 0 Å². The Bertz CT molecular complexity index is 640. The number of rotatable bonds is 4. The van der Waals surface area contributed by atoms with Crippen molar-refractivity contribution in [3.8, 4) is 0 Å². The molecule has 0 radical (unpaired) electrons. The van der Waals surface area contributed by atoms with Crippen LogP contribution in [0.4, 0.5) is 5.69 Å². The number of benzene rings is 1. The number of para-hydroxylation sites is 1. The first kappa shape index (κ1) is 16.4.